The van der Waals surface area contributed by atoms with Gasteiger partial charge in [-0.3, -0.25) is 4.98 Å². The molecule has 3 nitrogen and oxygen atoms in total. The minimum absolute atomic E-state index is 0.445. The molecule has 0 fully saturated rings. The lowest BCUT2D eigenvalue weighted by molar-refractivity contribution is 0.686. The summed E-state index contributed by atoms with van der Waals surface area (Å²) >= 11 is 1.79. The lowest BCUT2D eigenvalue weighted by Crippen LogP contribution is -2.29. The van der Waals surface area contributed by atoms with E-state index in [0.29, 0.717) is 12.6 Å². The normalized spacial score (nSPS) is 10.9. The number of hydrogen-bond donors (Lipinski definition) is 1. The highest BCUT2D eigenvalue weighted by Gasteiger charge is 2.12. The zero-order chi connectivity index (χ0) is 13.0. The fraction of sp³-hybridized carbons (Fsp3) is 0.357. The van der Waals surface area contributed by atoms with Crippen LogP contribution in [-0.2, 0) is 13.1 Å². The Morgan fingerprint density at radius 1 is 1.39 bits per heavy atom. The summed E-state index contributed by atoms with van der Waals surface area (Å²) in [6, 6.07) is 8.84. The van der Waals surface area contributed by atoms with Crippen LogP contribution in [0.25, 0.3) is 0 Å². The van der Waals surface area contributed by atoms with Crippen molar-refractivity contribution in [3.05, 3.63) is 46.4 Å². The number of nitrogens with two attached hydrogens (primary N) is 1. The Bertz CT molecular complexity index is 480. The van der Waals surface area contributed by atoms with Gasteiger partial charge in [0.2, 0.25) is 0 Å². The van der Waals surface area contributed by atoms with E-state index in [1.807, 2.05) is 12.3 Å². The van der Waals surface area contributed by atoms with Crippen LogP contribution in [0.1, 0.15) is 24.4 Å². The number of nitrogens with zero attached hydrogens (tertiary/aromatic N) is 2. The van der Waals surface area contributed by atoms with Gasteiger partial charge in [-0.05, 0) is 37.4 Å². The summed E-state index contributed by atoms with van der Waals surface area (Å²) < 4.78 is 0. The van der Waals surface area contributed by atoms with Crippen LogP contribution in [-0.4, -0.2) is 11.0 Å². The smallest absolute Gasteiger partial charge is 0.0560 e. The molecule has 0 aliphatic rings. The van der Waals surface area contributed by atoms with Crippen LogP contribution in [0, 0.1) is 0 Å². The third-order valence-corrected chi connectivity index (χ3v) is 3.73. The summed E-state index contributed by atoms with van der Waals surface area (Å²) in [5.74, 6) is 0. The third kappa shape index (κ3) is 3.09. The van der Waals surface area contributed by atoms with Gasteiger partial charge >= 0.3 is 0 Å². The second-order valence-corrected chi connectivity index (χ2v) is 5.54. The minimum Gasteiger partial charge on any atom is -0.364 e. The summed E-state index contributed by atoms with van der Waals surface area (Å²) in [5, 5.41) is 2.12. The van der Waals surface area contributed by atoms with E-state index < -0.39 is 0 Å². The summed E-state index contributed by atoms with van der Waals surface area (Å²) in [6.45, 7) is 5.83. The van der Waals surface area contributed by atoms with Crippen molar-refractivity contribution in [3.63, 3.8) is 0 Å². The first-order chi connectivity index (χ1) is 8.70. The largest absolute Gasteiger partial charge is 0.364 e. The highest BCUT2D eigenvalue weighted by molar-refractivity contribution is 7.09. The van der Waals surface area contributed by atoms with Crippen LogP contribution in [0.5, 0.6) is 0 Å². The third-order valence-electron chi connectivity index (χ3n) is 2.87. The lowest BCUT2D eigenvalue weighted by atomic mass is 10.2. The van der Waals surface area contributed by atoms with Crippen molar-refractivity contribution >= 4 is 17.0 Å². The molecule has 0 amide bonds. The maximum atomic E-state index is 5.65. The maximum absolute atomic E-state index is 5.65. The lowest BCUT2D eigenvalue weighted by Gasteiger charge is -2.28. The molecule has 0 spiro atoms. The van der Waals surface area contributed by atoms with E-state index in [9.17, 15) is 0 Å². The molecule has 0 saturated carbocycles. The van der Waals surface area contributed by atoms with E-state index in [2.05, 4.69) is 47.3 Å². The van der Waals surface area contributed by atoms with Crippen molar-refractivity contribution in [2.75, 3.05) is 4.90 Å². The number of aromatic nitrogens is 1. The first kappa shape index (κ1) is 13.1. The van der Waals surface area contributed by atoms with Gasteiger partial charge in [-0.25, -0.2) is 0 Å². The Morgan fingerprint density at radius 3 is 2.83 bits per heavy atom. The van der Waals surface area contributed by atoms with Gasteiger partial charge < -0.3 is 10.6 Å². The Balaban J connectivity index is 2.23. The highest BCUT2D eigenvalue weighted by atomic mass is 32.1. The van der Waals surface area contributed by atoms with Crippen molar-refractivity contribution in [3.8, 4) is 0 Å². The van der Waals surface area contributed by atoms with Crippen LogP contribution in [0.3, 0.4) is 0 Å². The van der Waals surface area contributed by atoms with Gasteiger partial charge in [0.15, 0.2) is 0 Å². The van der Waals surface area contributed by atoms with Crippen LogP contribution >= 0.6 is 11.3 Å². The Hall–Kier alpha value is -1.39. The molecule has 4 heteroatoms. The molecule has 2 aromatic heterocycles. The molecule has 2 aromatic rings. The predicted molar refractivity (Wildman–Crippen MR) is 77.8 cm³/mol. The molecular weight excluding hydrogens is 242 g/mol. The van der Waals surface area contributed by atoms with Crippen LogP contribution in [0.2, 0.25) is 0 Å². The van der Waals surface area contributed by atoms with Crippen LogP contribution in [0.15, 0.2) is 35.8 Å². The number of pyridine rings is 1. The molecular formula is C14H19N3S. The van der Waals surface area contributed by atoms with E-state index in [-0.39, 0.29) is 0 Å². The molecule has 18 heavy (non-hydrogen) atoms. The van der Waals surface area contributed by atoms with Gasteiger partial charge in [0.1, 0.15) is 0 Å². The van der Waals surface area contributed by atoms with E-state index >= 15 is 0 Å². The topological polar surface area (TPSA) is 42.2 Å². The van der Waals surface area contributed by atoms with Crippen LogP contribution in [0.4, 0.5) is 5.69 Å². The van der Waals surface area contributed by atoms with Gasteiger partial charge in [0.25, 0.3) is 0 Å². The highest BCUT2D eigenvalue weighted by Crippen LogP contribution is 2.22. The van der Waals surface area contributed by atoms with E-state index in [1.165, 1.54) is 10.6 Å². The molecule has 0 unspecified atom stereocenters. The quantitative estimate of drug-likeness (QED) is 0.899. The predicted octanol–water partition coefficient (Wildman–Crippen LogP) is 3.02. The van der Waals surface area contributed by atoms with Gasteiger partial charge in [-0.15, -0.1) is 11.3 Å². The molecule has 2 heterocycles. The van der Waals surface area contributed by atoms with Crippen molar-refractivity contribution in [1.29, 1.82) is 0 Å². The number of thiophene rings is 1. The number of hydrogen-bond acceptors (Lipinski definition) is 4. The summed E-state index contributed by atoms with van der Waals surface area (Å²) in [4.78, 5) is 7.99. The van der Waals surface area contributed by atoms with E-state index in [4.69, 9.17) is 5.73 Å². The first-order valence-corrected chi connectivity index (χ1v) is 7.02. The van der Waals surface area contributed by atoms with Crippen molar-refractivity contribution in [2.45, 2.75) is 33.0 Å². The van der Waals surface area contributed by atoms with Gasteiger partial charge in [0, 0.05) is 29.3 Å². The van der Waals surface area contributed by atoms with Crippen molar-refractivity contribution < 1.29 is 0 Å². The monoisotopic (exact) mass is 261 g/mol. The SMILES string of the molecule is CC(C)N(Cc1cccs1)c1ccnc(CN)c1. The Kier molecular flexibility index (Phi) is 4.33. The molecule has 0 atom stereocenters. The first-order valence-electron chi connectivity index (χ1n) is 6.14. The fourth-order valence-corrected chi connectivity index (χ4v) is 2.60. The molecule has 0 bridgehead atoms. The van der Waals surface area contributed by atoms with Crippen molar-refractivity contribution in [2.24, 2.45) is 5.73 Å². The second kappa shape index (κ2) is 5.98. The summed E-state index contributed by atoms with van der Waals surface area (Å²) in [5.41, 5.74) is 7.78. The number of rotatable bonds is 5. The molecule has 0 aliphatic heterocycles. The summed E-state index contributed by atoms with van der Waals surface area (Å²) in [7, 11) is 0. The number of anilines is 1. The zero-order valence-corrected chi connectivity index (χ0v) is 11.7. The molecule has 96 valence electrons. The maximum Gasteiger partial charge on any atom is 0.0560 e. The average molecular weight is 261 g/mol. The van der Waals surface area contributed by atoms with Gasteiger partial charge in [-0.1, -0.05) is 6.07 Å². The van der Waals surface area contributed by atoms with E-state index in [0.717, 1.165) is 12.2 Å². The average Bonchev–Trinajstić information content (AvgIpc) is 2.88. The molecule has 0 saturated heterocycles. The minimum atomic E-state index is 0.445. The van der Waals surface area contributed by atoms with Gasteiger partial charge in [-0.2, -0.15) is 0 Å². The Morgan fingerprint density at radius 2 is 2.22 bits per heavy atom. The second-order valence-electron chi connectivity index (χ2n) is 4.51. The zero-order valence-electron chi connectivity index (χ0n) is 10.8. The van der Waals surface area contributed by atoms with Crippen LogP contribution < -0.4 is 10.6 Å². The van der Waals surface area contributed by atoms with Crippen molar-refractivity contribution in [1.82, 2.24) is 4.98 Å². The van der Waals surface area contributed by atoms with Gasteiger partial charge in [0.05, 0.1) is 12.2 Å². The fourth-order valence-electron chi connectivity index (χ4n) is 1.90. The standard InChI is InChI=1S/C14H19N3S/c1-11(2)17(10-14-4-3-7-18-14)13-5-6-16-12(8-13)9-15/h3-8,11H,9-10,15H2,1-2H3. The Labute approximate surface area is 112 Å². The van der Waals surface area contributed by atoms with E-state index in [1.54, 1.807) is 11.3 Å². The molecule has 2 N–H and O–H groups in total. The summed E-state index contributed by atoms with van der Waals surface area (Å²) in [6.07, 6.45) is 1.83. The molecule has 0 aliphatic carbocycles. The molecule has 2 rings (SSSR count). The molecule has 0 radical (unpaired) electrons. The molecule has 0 aromatic carbocycles.